The molecular formula is C9H13NO4. The summed E-state index contributed by atoms with van der Waals surface area (Å²) >= 11 is 0. The topological polar surface area (TPSA) is 76.0 Å². The molecule has 0 radical (unpaired) electrons. The third-order valence-corrected chi connectivity index (χ3v) is 1.49. The largest absolute Gasteiger partial charge is 0.481 e. The Morgan fingerprint density at radius 1 is 1.50 bits per heavy atom. The van der Waals surface area contributed by atoms with Gasteiger partial charge in [-0.05, 0) is 13.8 Å². The number of methoxy groups -OCH3 is 1. The summed E-state index contributed by atoms with van der Waals surface area (Å²) in [5.74, 6) is -2.30. The minimum Gasteiger partial charge on any atom is -0.481 e. The molecule has 0 saturated carbocycles. The summed E-state index contributed by atoms with van der Waals surface area (Å²) in [6.07, 6.45) is 2.64. The summed E-state index contributed by atoms with van der Waals surface area (Å²) in [5, 5.41) is 8.54. The van der Waals surface area contributed by atoms with Crippen LogP contribution in [0.1, 0.15) is 13.8 Å². The van der Waals surface area contributed by atoms with E-state index in [1.54, 1.807) is 6.92 Å². The molecule has 14 heavy (non-hydrogen) atoms. The lowest BCUT2D eigenvalue weighted by Crippen LogP contribution is -2.11. The predicted octanol–water partition coefficient (Wildman–Crippen LogP) is 0.855. The number of ether oxygens (including phenoxy) is 1. The van der Waals surface area contributed by atoms with Crippen LogP contribution in [0.5, 0.6) is 0 Å². The Labute approximate surface area is 82.1 Å². The molecule has 0 aliphatic carbocycles. The van der Waals surface area contributed by atoms with Crippen molar-refractivity contribution in [3.8, 4) is 0 Å². The van der Waals surface area contributed by atoms with E-state index in [-0.39, 0.29) is 5.70 Å². The van der Waals surface area contributed by atoms with Gasteiger partial charge in [-0.15, -0.1) is 0 Å². The fourth-order valence-electron chi connectivity index (χ4n) is 0.606. The number of hydrogen-bond donors (Lipinski definition) is 1. The zero-order chi connectivity index (χ0) is 11.1. The van der Waals surface area contributed by atoms with Crippen molar-refractivity contribution >= 4 is 18.2 Å². The van der Waals surface area contributed by atoms with Crippen LogP contribution in [0, 0.1) is 5.92 Å². The molecule has 1 unspecified atom stereocenters. The normalized spacial score (nSPS) is 14.1. The van der Waals surface area contributed by atoms with Crippen LogP contribution < -0.4 is 0 Å². The summed E-state index contributed by atoms with van der Waals surface area (Å²) in [5.41, 5.74) is 0.0978. The molecular weight excluding hydrogens is 186 g/mol. The van der Waals surface area contributed by atoms with Gasteiger partial charge in [0.25, 0.3) is 0 Å². The van der Waals surface area contributed by atoms with Gasteiger partial charge in [0.1, 0.15) is 5.70 Å². The molecule has 1 N–H and O–H groups in total. The molecule has 0 aliphatic heterocycles. The van der Waals surface area contributed by atoms with Crippen molar-refractivity contribution in [1.29, 1.82) is 0 Å². The molecule has 0 heterocycles. The van der Waals surface area contributed by atoms with Crippen LogP contribution in [-0.2, 0) is 14.3 Å². The lowest BCUT2D eigenvalue weighted by molar-refractivity contribution is -0.139. The van der Waals surface area contributed by atoms with Gasteiger partial charge in [0.05, 0.1) is 13.0 Å². The third-order valence-electron chi connectivity index (χ3n) is 1.49. The van der Waals surface area contributed by atoms with Gasteiger partial charge in [0.15, 0.2) is 0 Å². The fourth-order valence-corrected chi connectivity index (χ4v) is 0.606. The lowest BCUT2D eigenvalue weighted by atomic mass is 10.2. The Morgan fingerprint density at radius 2 is 2.07 bits per heavy atom. The van der Waals surface area contributed by atoms with Gasteiger partial charge >= 0.3 is 11.9 Å². The molecule has 0 aromatic carbocycles. The Hall–Kier alpha value is -1.65. The van der Waals surface area contributed by atoms with Gasteiger partial charge in [-0.3, -0.25) is 9.79 Å². The van der Waals surface area contributed by atoms with Gasteiger partial charge in [-0.2, -0.15) is 0 Å². The van der Waals surface area contributed by atoms with Crippen molar-refractivity contribution in [3.05, 3.63) is 11.8 Å². The number of allylic oxidation sites excluding steroid dienone is 1. The number of carboxylic acid groups (broad SMARTS) is 1. The van der Waals surface area contributed by atoms with E-state index in [4.69, 9.17) is 5.11 Å². The number of hydrogen-bond acceptors (Lipinski definition) is 4. The SMILES string of the molecule is C/C=C(\N=CC(C)C(=O)O)C(=O)OC. The van der Waals surface area contributed by atoms with E-state index in [1.165, 1.54) is 26.3 Å². The van der Waals surface area contributed by atoms with Crippen molar-refractivity contribution in [3.63, 3.8) is 0 Å². The van der Waals surface area contributed by atoms with Crippen molar-refractivity contribution in [2.75, 3.05) is 7.11 Å². The molecule has 0 aromatic heterocycles. The van der Waals surface area contributed by atoms with Crippen LogP contribution in [0.3, 0.4) is 0 Å². The molecule has 5 nitrogen and oxygen atoms in total. The highest BCUT2D eigenvalue weighted by atomic mass is 16.5. The van der Waals surface area contributed by atoms with Crippen molar-refractivity contribution in [1.82, 2.24) is 0 Å². The van der Waals surface area contributed by atoms with Crippen LogP contribution >= 0.6 is 0 Å². The second-order valence-corrected chi connectivity index (χ2v) is 2.57. The molecule has 78 valence electrons. The lowest BCUT2D eigenvalue weighted by Gasteiger charge is -1.99. The van der Waals surface area contributed by atoms with E-state index >= 15 is 0 Å². The number of nitrogens with zero attached hydrogens (tertiary/aromatic N) is 1. The van der Waals surface area contributed by atoms with Gasteiger partial charge in [-0.25, -0.2) is 4.79 Å². The zero-order valence-electron chi connectivity index (χ0n) is 8.35. The first-order chi connectivity index (χ1) is 6.52. The van der Waals surface area contributed by atoms with Crippen molar-refractivity contribution in [2.45, 2.75) is 13.8 Å². The number of carboxylic acids is 1. The number of carbonyl (C=O) groups excluding carboxylic acids is 1. The van der Waals surface area contributed by atoms with Crippen molar-refractivity contribution < 1.29 is 19.4 Å². The first kappa shape index (κ1) is 12.3. The second-order valence-electron chi connectivity index (χ2n) is 2.57. The van der Waals surface area contributed by atoms with E-state index < -0.39 is 17.9 Å². The molecule has 0 saturated heterocycles. The quantitative estimate of drug-likeness (QED) is 0.414. The van der Waals surface area contributed by atoms with E-state index in [0.717, 1.165) is 0 Å². The standard InChI is InChI=1S/C9H13NO4/c1-4-7(9(13)14-3)10-5-6(2)8(11)12/h4-6H,1-3H3,(H,11,12)/b7-4-,10-5?. The maximum Gasteiger partial charge on any atom is 0.356 e. The first-order valence-corrected chi connectivity index (χ1v) is 4.04. The highest BCUT2D eigenvalue weighted by Crippen LogP contribution is 2.00. The van der Waals surface area contributed by atoms with Gasteiger partial charge < -0.3 is 9.84 Å². The third kappa shape index (κ3) is 3.84. The van der Waals surface area contributed by atoms with Crippen LogP contribution in [-0.4, -0.2) is 30.4 Å². The fraction of sp³-hybridized carbons (Fsp3) is 0.444. The maximum absolute atomic E-state index is 11.0. The number of esters is 1. The average Bonchev–Trinajstić information content (AvgIpc) is 2.17. The molecule has 0 amide bonds. The Balaban J connectivity index is 4.48. The zero-order valence-corrected chi connectivity index (χ0v) is 8.35. The molecule has 0 rings (SSSR count). The predicted molar refractivity (Wildman–Crippen MR) is 51.1 cm³/mol. The maximum atomic E-state index is 11.0. The van der Waals surface area contributed by atoms with Crippen LogP contribution in [0.2, 0.25) is 0 Å². The minimum absolute atomic E-state index is 0.0978. The molecule has 0 spiro atoms. The highest BCUT2D eigenvalue weighted by molar-refractivity contribution is 5.93. The van der Waals surface area contributed by atoms with E-state index in [9.17, 15) is 9.59 Å². The first-order valence-electron chi connectivity index (χ1n) is 4.04. The monoisotopic (exact) mass is 199 g/mol. The Bertz CT molecular complexity index is 281. The van der Waals surface area contributed by atoms with E-state index in [0.29, 0.717) is 0 Å². The molecule has 0 aromatic rings. The summed E-state index contributed by atoms with van der Waals surface area (Å²) in [7, 11) is 1.24. The molecule has 1 atom stereocenters. The van der Waals surface area contributed by atoms with E-state index in [2.05, 4.69) is 9.73 Å². The molecule has 0 fully saturated rings. The number of aliphatic imine (C=N–C) groups is 1. The number of aliphatic carboxylic acids is 1. The molecule has 0 bridgehead atoms. The molecule has 5 heteroatoms. The Morgan fingerprint density at radius 3 is 2.43 bits per heavy atom. The highest BCUT2D eigenvalue weighted by Gasteiger charge is 2.09. The van der Waals surface area contributed by atoms with Gasteiger partial charge in [0, 0.05) is 6.21 Å². The summed E-state index contributed by atoms with van der Waals surface area (Å²) in [6.45, 7) is 3.09. The summed E-state index contributed by atoms with van der Waals surface area (Å²) < 4.78 is 4.43. The van der Waals surface area contributed by atoms with Crippen LogP contribution in [0.25, 0.3) is 0 Å². The smallest absolute Gasteiger partial charge is 0.356 e. The van der Waals surface area contributed by atoms with Gasteiger partial charge in [-0.1, -0.05) is 6.08 Å². The van der Waals surface area contributed by atoms with Crippen molar-refractivity contribution in [2.24, 2.45) is 10.9 Å². The number of carbonyl (C=O) groups is 2. The van der Waals surface area contributed by atoms with Crippen LogP contribution in [0.4, 0.5) is 0 Å². The van der Waals surface area contributed by atoms with Gasteiger partial charge in [0.2, 0.25) is 0 Å². The van der Waals surface area contributed by atoms with Crippen LogP contribution in [0.15, 0.2) is 16.8 Å². The Kier molecular flexibility index (Phi) is 5.21. The molecule has 0 aliphatic rings. The second kappa shape index (κ2) is 5.90. The number of rotatable bonds is 4. The summed E-state index contributed by atoms with van der Waals surface area (Å²) in [4.78, 5) is 25.1. The van der Waals surface area contributed by atoms with E-state index in [1.807, 2.05) is 0 Å². The summed E-state index contributed by atoms with van der Waals surface area (Å²) in [6, 6.07) is 0. The average molecular weight is 199 g/mol. The minimum atomic E-state index is -0.992.